The normalized spacial score (nSPS) is 25.5. The van der Waals surface area contributed by atoms with Crippen molar-refractivity contribution >= 4 is 29.1 Å². The third-order valence-electron chi connectivity index (χ3n) is 11.2. The van der Waals surface area contributed by atoms with E-state index in [1.165, 1.54) is 4.90 Å². The molecule has 57 heavy (non-hydrogen) atoms. The van der Waals surface area contributed by atoms with Crippen LogP contribution in [0.2, 0.25) is 0 Å². The molecule has 310 valence electrons. The molecule has 0 radical (unpaired) electrons. The first kappa shape index (κ1) is 42.2. The van der Waals surface area contributed by atoms with E-state index in [-0.39, 0.29) is 88.9 Å². The molecule has 0 unspecified atom stereocenters. The van der Waals surface area contributed by atoms with Gasteiger partial charge in [-0.15, -0.1) is 11.3 Å². The number of pyridine rings is 1. The number of alkyl halides is 6. The lowest BCUT2D eigenvalue weighted by molar-refractivity contribution is -0.173. The third-order valence-corrected chi connectivity index (χ3v) is 12.2. The average molecular weight is 828 g/mol. The Kier molecular flexibility index (Phi) is 11.9. The highest BCUT2D eigenvalue weighted by molar-refractivity contribution is 7.10. The number of nitrogens with zero attached hydrogens (tertiary/aromatic N) is 3. The van der Waals surface area contributed by atoms with Crippen molar-refractivity contribution in [2.24, 2.45) is 5.92 Å². The zero-order chi connectivity index (χ0) is 41.4. The maximum Gasteiger partial charge on any atom is 0.425 e. The number of piperidine rings is 2. The molecule has 2 atom stereocenters. The molecule has 6 rings (SSSR count). The summed E-state index contributed by atoms with van der Waals surface area (Å²) in [5.74, 6) is -5.18. The summed E-state index contributed by atoms with van der Waals surface area (Å²) in [6.45, 7) is 1.46. The number of benzene rings is 1. The second-order valence-corrected chi connectivity index (χ2v) is 15.8. The number of hydrogen-bond donors (Lipinski definition) is 3. The van der Waals surface area contributed by atoms with Gasteiger partial charge in [0.2, 0.25) is 11.4 Å². The van der Waals surface area contributed by atoms with E-state index in [1.54, 1.807) is 31.2 Å². The molecule has 2 aromatic heterocycles. The Hall–Kier alpha value is -4.42. The average Bonchev–Trinajstić information content (AvgIpc) is 3.64. The second kappa shape index (κ2) is 16.1. The Morgan fingerprint density at radius 2 is 1.60 bits per heavy atom. The molecule has 3 fully saturated rings. The standard InChI is InChI=1S/C39H43F6N3O8S/c1-2-7-29-37(55-25-22-30(57-23-25)39(43,44)45,13-6-19-48(29)32(49)31-27(38(40,41)42)9-5-18-46-31)34(52)47-20-16-35(53,17-21-47)26-8-3-4-10-28(26)56-36(54)14-11-24(12-15-36)33(50)51/h3-5,8-10,18,22-24,29,53-54H,2,6-7,11-17,19-21H2,1H3,(H,50,51)/t24-,29-,36-,37+/m1/s1. The molecule has 3 aliphatic rings. The predicted octanol–water partition coefficient (Wildman–Crippen LogP) is 7.26. The monoisotopic (exact) mass is 827 g/mol. The molecule has 2 aliphatic heterocycles. The lowest BCUT2D eigenvalue weighted by Gasteiger charge is -2.51. The van der Waals surface area contributed by atoms with Gasteiger partial charge in [-0.3, -0.25) is 19.4 Å². The van der Waals surface area contributed by atoms with Gasteiger partial charge in [0, 0.05) is 62.1 Å². The van der Waals surface area contributed by atoms with Crippen molar-refractivity contribution in [3.8, 4) is 11.5 Å². The molecule has 4 heterocycles. The molecule has 2 amide bonds. The number of carboxylic acids is 1. The van der Waals surface area contributed by atoms with E-state index in [0.717, 1.165) is 34.7 Å². The summed E-state index contributed by atoms with van der Waals surface area (Å²) in [7, 11) is 0. The number of carbonyl (C=O) groups is 3. The molecular weight excluding hydrogens is 784 g/mol. The van der Waals surface area contributed by atoms with Gasteiger partial charge < -0.3 is 34.6 Å². The summed E-state index contributed by atoms with van der Waals surface area (Å²) in [5, 5.41) is 33.7. The molecule has 0 bridgehead atoms. The van der Waals surface area contributed by atoms with Gasteiger partial charge in [-0.25, -0.2) is 0 Å². The van der Waals surface area contributed by atoms with Gasteiger partial charge in [-0.2, -0.15) is 26.3 Å². The Morgan fingerprint density at radius 1 is 0.912 bits per heavy atom. The van der Waals surface area contributed by atoms with Crippen LogP contribution in [0.15, 0.2) is 54.0 Å². The highest BCUT2D eigenvalue weighted by atomic mass is 32.1. The largest absolute Gasteiger partial charge is 0.481 e. The van der Waals surface area contributed by atoms with Crippen LogP contribution < -0.4 is 9.47 Å². The fraction of sp³-hybridized carbons (Fsp3) is 0.538. The number of thiophene rings is 1. The SMILES string of the molecule is CCC[C@H]1N(C(=O)c2ncccc2C(F)(F)F)CCC[C@@]1(Oc1csc(C(F)(F)F)c1)C(=O)N1CCC(O)(c2ccccc2O[C@]2(O)CC[C@@H](C(=O)O)CC2)CC1. The van der Waals surface area contributed by atoms with Crippen LogP contribution in [0.25, 0.3) is 0 Å². The molecule has 3 aromatic rings. The van der Waals surface area contributed by atoms with Crippen molar-refractivity contribution in [1.82, 2.24) is 14.8 Å². The molecule has 11 nitrogen and oxygen atoms in total. The maximum atomic E-state index is 15.0. The molecule has 1 aromatic carbocycles. The van der Waals surface area contributed by atoms with Crippen molar-refractivity contribution in [3.05, 3.63) is 75.7 Å². The van der Waals surface area contributed by atoms with E-state index in [9.17, 15) is 56.0 Å². The Morgan fingerprint density at radius 3 is 2.21 bits per heavy atom. The zero-order valence-electron chi connectivity index (χ0n) is 30.9. The van der Waals surface area contributed by atoms with Gasteiger partial charge in [0.1, 0.15) is 22.1 Å². The van der Waals surface area contributed by atoms with Crippen LogP contribution in [0.4, 0.5) is 26.3 Å². The Bertz CT molecular complexity index is 1940. The van der Waals surface area contributed by atoms with Crippen molar-refractivity contribution in [2.75, 3.05) is 19.6 Å². The minimum Gasteiger partial charge on any atom is -0.481 e. The van der Waals surface area contributed by atoms with E-state index in [4.69, 9.17) is 9.47 Å². The quantitative estimate of drug-likeness (QED) is 0.142. The van der Waals surface area contributed by atoms with Gasteiger partial charge >= 0.3 is 18.3 Å². The number of amides is 2. The summed E-state index contributed by atoms with van der Waals surface area (Å²) in [6, 6.07) is 7.79. The number of carboxylic acid groups (broad SMARTS) is 1. The summed E-state index contributed by atoms with van der Waals surface area (Å²) < 4.78 is 95.7. The highest BCUT2D eigenvalue weighted by Crippen LogP contribution is 2.45. The number of para-hydroxylation sites is 1. The van der Waals surface area contributed by atoms with Gasteiger partial charge in [0.15, 0.2) is 0 Å². The van der Waals surface area contributed by atoms with Crippen LogP contribution in [0, 0.1) is 5.92 Å². The number of ether oxygens (including phenoxy) is 2. The molecule has 18 heteroatoms. The summed E-state index contributed by atoms with van der Waals surface area (Å²) in [4.78, 5) is 45.7. The van der Waals surface area contributed by atoms with Gasteiger partial charge in [0.25, 0.3) is 11.8 Å². The van der Waals surface area contributed by atoms with E-state index in [0.29, 0.717) is 23.3 Å². The number of aliphatic hydroxyl groups is 2. The van der Waals surface area contributed by atoms with Gasteiger partial charge in [-0.1, -0.05) is 31.5 Å². The van der Waals surface area contributed by atoms with Gasteiger partial charge in [0.05, 0.1) is 23.1 Å². The first-order valence-electron chi connectivity index (χ1n) is 18.7. The van der Waals surface area contributed by atoms with E-state index in [1.807, 2.05) is 0 Å². The minimum atomic E-state index is -4.94. The van der Waals surface area contributed by atoms with Crippen LogP contribution >= 0.6 is 11.3 Å². The molecule has 0 spiro atoms. The number of hydrogen-bond acceptors (Lipinski definition) is 9. The van der Waals surface area contributed by atoms with Crippen LogP contribution in [-0.4, -0.2) is 85.0 Å². The van der Waals surface area contributed by atoms with E-state index < -0.39 is 75.2 Å². The third kappa shape index (κ3) is 8.72. The highest BCUT2D eigenvalue weighted by Gasteiger charge is 2.57. The van der Waals surface area contributed by atoms with E-state index in [2.05, 4.69) is 4.98 Å². The first-order valence-corrected chi connectivity index (χ1v) is 19.6. The molecule has 1 saturated carbocycles. The van der Waals surface area contributed by atoms with Crippen molar-refractivity contribution in [3.63, 3.8) is 0 Å². The van der Waals surface area contributed by atoms with Crippen molar-refractivity contribution < 1.29 is 65.5 Å². The molecule has 2 saturated heterocycles. The lowest BCUT2D eigenvalue weighted by Crippen LogP contribution is -2.68. The van der Waals surface area contributed by atoms with Crippen LogP contribution in [0.5, 0.6) is 11.5 Å². The van der Waals surface area contributed by atoms with E-state index >= 15 is 0 Å². The summed E-state index contributed by atoms with van der Waals surface area (Å²) >= 11 is 0.347. The number of rotatable bonds is 10. The zero-order valence-corrected chi connectivity index (χ0v) is 31.8. The lowest BCUT2D eigenvalue weighted by atomic mass is 9.78. The van der Waals surface area contributed by atoms with Crippen LogP contribution in [-0.2, 0) is 27.5 Å². The Labute approximate surface area is 328 Å². The van der Waals surface area contributed by atoms with Crippen LogP contribution in [0.1, 0.15) is 97.6 Å². The number of halogens is 6. The second-order valence-electron chi connectivity index (χ2n) is 14.9. The van der Waals surface area contributed by atoms with Crippen molar-refractivity contribution in [1.29, 1.82) is 0 Å². The minimum absolute atomic E-state index is 0.0422. The molecular formula is C39H43F6N3O8S. The van der Waals surface area contributed by atoms with Crippen LogP contribution in [0.3, 0.4) is 0 Å². The number of carbonyl (C=O) groups excluding carboxylic acids is 2. The number of likely N-dealkylation sites (tertiary alicyclic amines) is 2. The Balaban J connectivity index is 1.30. The number of aliphatic carboxylic acids is 1. The molecule has 1 aliphatic carbocycles. The fourth-order valence-electron chi connectivity index (χ4n) is 8.26. The summed E-state index contributed by atoms with van der Waals surface area (Å²) in [6.07, 6.45) is -7.92. The first-order chi connectivity index (χ1) is 26.8. The van der Waals surface area contributed by atoms with Gasteiger partial charge in [-0.05, 0) is 56.7 Å². The summed E-state index contributed by atoms with van der Waals surface area (Å²) in [5.41, 5.74) is -5.46. The fourth-order valence-corrected chi connectivity index (χ4v) is 8.93. The topological polar surface area (TPSA) is 150 Å². The predicted molar refractivity (Wildman–Crippen MR) is 192 cm³/mol. The van der Waals surface area contributed by atoms with Crippen molar-refractivity contribution in [2.45, 2.75) is 107 Å². The maximum absolute atomic E-state index is 15.0. The molecule has 3 N–H and O–H groups in total. The number of aromatic nitrogens is 1. The smallest absolute Gasteiger partial charge is 0.425 e.